The Morgan fingerprint density at radius 1 is 1.29 bits per heavy atom. The first-order valence-corrected chi connectivity index (χ1v) is 4.86. The van der Waals surface area contributed by atoms with Crippen molar-refractivity contribution in [3.05, 3.63) is 29.8 Å². The lowest BCUT2D eigenvalue weighted by Gasteiger charge is -2.29. The van der Waals surface area contributed by atoms with Crippen LogP contribution in [0.25, 0.3) is 0 Å². The molecule has 0 aliphatic carbocycles. The molecule has 0 radical (unpaired) electrons. The first-order chi connectivity index (χ1) is 6.50. The first kappa shape index (κ1) is 11.1. The summed E-state index contributed by atoms with van der Waals surface area (Å²) in [5.41, 5.74) is 0.00424. The Kier molecular flexibility index (Phi) is 3.17. The molecule has 0 bridgehead atoms. The second-order valence-corrected chi connectivity index (χ2v) is 4.00. The molecule has 0 aliphatic rings. The number of rotatable bonds is 3. The summed E-state index contributed by atoms with van der Waals surface area (Å²) in [5.74, 6) is 0.894. The number of benzene rings is 1. The van der Waals surface area contributed by atoms with Crippen LogP contribution in [0.2, 0.25) is 0 Å². The summed E-state index contributed by atoms with van der Waals surface area (Å²) < 4.78 is 5.22. The van der Waals surface area contributed by atoms with E-state index in [1.54, 1.807) is 7.11 Å². The lowest BCUT2D eigenvalue weighted by Crippen LogP contribution is -2.28. The standard InChI is InChI=1S/C12H18O2/c1-9(2)12(3,13)10-7-5-6-8-11(10)14-4/h5-9,13H,1-4H3/t12-/m1/s1. The molecule has 0 saturated heterocycles. The molecule has 1 aromatic rings. The van der Waals surface area contributed by atoms with Crippen molar-refractivity contribution in [1.29, 1.82) is 0 Å². The molecule has 0 spiro atoms. The van der Waals surface area contributed by atoms with Crippen molar-refractivity contribution in [2.45, 2.75) is 26.4 Å². The van der Waals surface area contributed by atoms with Crippen LogP contribution in [0.15, 0.2) is 24.3 Å². The minimum Gasteiger partial charge on any atom is -0.496 e. The van der Waals surface area contributed by atoms with Gasteiger partial charge in [0, 0.05) is 5.56 Å². The van der Waals surface area contributed by atoms with Gasteiger partial charge < -0.3 is 9.84 Å². The number of aliphatic hydroxyl groups is 1. The van der Waals surface area contributed by atoms with Crippen LogP contribution in [0.5, 0.6) is 5.75 Å². The maximum Gasteiger partial charge on any atom is 0.124 e. The third-order valence-electron chi connectivity index (χ3n) is 2.78. The number of para-hydroxylation sites is 1. The molecular formula is C12H18O2. The van der Waals surface area contributed by atoms with Gasteiger partial charge in [-0.1, -0.05) is 32.0 Å². The normalized spacial score (nSPS) is 15.3. The van der Waals surface area contributed by atoms with E-state index in [1.165, 1.54) is 0 Å². The van der Waals surface area contributed by atoms with Gasteiger partial charge in [0.2, 0.25) is 0 Å². The van der Waals surface area contributed by atoms with E-state index in [4.69, 9.17) is 4.74 Å². The molecule has 1 aromatic carbocycles. The molecule has 1 rings (SSSR count). The molecule has 14 heavy (non-hydrogen) atoms. The van der Waals surface area contributed by atoms with Crippen molar-refractivity contribution in [1.82, 2.24) is 0 Å². The summed E-state index contributed by atoms with van der Waals surface area (Å²) >= 11 is 0. The van der Waals surface area contributed by atoms with Crippen molar-refractivity contribution in [3.8, 4) is 5.75 Å². The maximum atomic E-state index is 10.3. The number of hydrogen-bond donors (Lipinski definition) is 1. The number of methoxy groups -OCH3 is 1. The summed E-state index contributed by atoms with van der Waals surface area (Å²) in [5, 5.41) is 10.3. The van der Waals surface area contributed by atoms with E-state index in [1.807, 2.05) is 45.0 Å². The van der Waals surface area contributed by atoms with Crippen LogP contribution in [0.1, 0.15) is 26.3 Å². The molecule has 0 heterocycles. The zero-order valence-corrected chi connectivity index (χ0v) is 9.24. The zero-order chi connectivity index (χ0) is 10.8. The number of ether oxygens (including phenoxy) is 1. The third kappa shape index (κ3) is 1.90. The van der Waals surface area contributed by atoms with Crippen molar-refractivity contribution in [2.75, 3.05) is 7.11 Å². The number of hydrogen-bond acceptors (Lipinski definition) is 2. The highest BCUT2D eigenvalue weighted by atomic mass is 16.5. The monoisotopic (exact) mass is 194 g/mol. The summed E-state index contributed by atoms with van der Waals surface area (Å²) in [6.45, 7) is 5.80. The molecule has 78 valence electrons. The fourth-order valence-electron chi connectivity index (χ4n) is 1.37. The Hall–Kier alpha value is -1.02. The van der Waals surface area contributed by atoms with Crippen molar-refractivity contribution in [3.63, 3.8) is 0 Å². The second kappa shape index (κ2) is 4.01. The van der Waals surface area contributed by atoms with Crippen molar-refractivity contribution >= 4 is 0 Å². The molecular weight excluding hydrogens is 176 g/mol. The first-order valence-electron chi connectivity index (χ1n) is 4.86. The van der Waals surface area contributed by atoms with Gasteiger partial charge in [-0.05, 0) is 18.9 Å². The summed E-state index contributed by atoms with van der Waals surface area (Å²) in [7, 11) is 1.62. The average molecular weight is 194 g/mol. The lowest BCUT2D eigenvalue weighted by molar-refractivity contribution is 0.00696. The Morgan fingerprint density at radius 2 is 1.86 bits per heavy atom. The van der Waals surface area contributed by atoms with E-state index in [0.29, 0.717) is 0 Å². The minimum atomic E-state index is -0.841. The van der Waals surface area contributed by atoms with E-state index in [-0.39, 0.29) is 5.92 Å². The topological polar surface area (TPSA) is 29.5 Å². The average Bonchev–Trinajstić information content (AvgIpc) is 2.17. The van der Waals surface area contributed by atoms with Crippen LogP contribution in [-0.2, 0) is 5.60 Å². The minimum absolute atomic E-state index is 0.152. The Bertz CT molecular complexity index is 303. The molecule has 0 amide bonds. The summed E-state index contributed by atoms with van der Waals surface area (Å²) in [4.78, 5) is 0. The fourth-order valence-corrected chi connectivity index (χ4v) is 1.37. The predicted octanol–water partition coefficient (Wildman–Crippen LogP) is 2.56. The molecule has 0 fully saturated rings. The third-order valence-corrected chi connectivity index (χ3v) is 2.78. The van der Waals surface area contributed by atoms with E-state index < -0.39 is 5.60 Å². The SMILES string of the molecule is COc1ccccc1[C@](C)(O)C(C)C. The van der Waals surface area contributed by atoms with Crippen LogP contribution < -0.4 is 4.74 Å². The molecule has 2 nitrogen and oxygen atoms in total. The van der Waals surface area contributed by atoms with Gasteiger partial charge in [-0.15, -0.1) is 0 Å². The highest BCUT2D eigenvalue weighted by Gasteiger charge is 2.29. The molecule has 0 saturated carbocycles. The molecule has 2 heteroatoms. The van der Waals surface area contributed by atoms with Gasteiger partial charge in [-0.2, -0.15) is 0 Å². The van der Waals surface area contributed by atoms with Gasteiger partial charge in [0.05, 0.1) is 12.7 Å². The smallest absolute Gasteiger partial charge is 0.124 e. The largest absolute Gasteiger partial charge is 0.496 e. The molecule has 1 N–H and O–H groups in total. The van der Waals surface area contributed by atoms with E-state index >= 15 is 0 Å². The zero-order valence-electron chi connectivity index (χ0n) is 9.24. The van der Waals surface area contributed by atoms with Gasteiger partial charge in [-0.3, -0.25) is 0 Å². The van der Waals surface area contributed by atoms with Crippen LogP contribution >= 0.6 is 0 Å². The quantitative estimate of drug-likeness (QED) is 0.801. The van der Waals surface area contributed by atoms with E-state index in [9.17, 15) is 5.11 Å². The van der Waals surface area contributed by atoms with Gasteiger partial charge in [0.15, 0.2) is 0 Å². The summed E-state index contributed by atoms with van der Waals surface area (Å²) in [6.07, 6.45) is 0. The summed E-state index contributed by atoms with van der Waals surface area (Å²) in [6, 6.07) is 7.58. The molecule has 1 atom stereocenters. The Balaban J connectivity index is 3.17. The van der Waals surface area contributed by atoms with Crippen LogP contribution in [0, 0.1) is 5.92 Å². The van der Waals surface area contributed by atoms with E-state index in [2.05, 4.69) is 0 Å². The van der Waals surface area contributed by atoms with Gasteiger partial charge in [0.1, 0.15) is 5.75 Å². The van der Waals surface area contributed by atoms with Gasteiger partial charge in [0.25, 0.3) is 0 Å². The molecule has 0 unspecified atom stereocenters. The fraction of sp³-hybridized carbons (Fsp3) is 0.500. The second-order valence-electron chi connectivity index (χ2n) is 4.00. The molecule has 0 aliphatic heterocycles. The highest BCUT2D eigenvalue weighted by Crippen LogP contribution is 2.34. The van der Waals surface area contributed by atoms with Crippen molar-refractivity contribution < 1.29 is 9.84 Å². The van der Waals surface area contributed by atoms with Crippen LogP contribution in [0.3, 0.4) is 0 Å². The van der Waals surface area contributed by atoms with Crippen LogP contribution in [-0.4, -0.2) is 12.2 Å². The van der Waals surface area contributed by atoms with E-state index in [0.717, 1.165) is 11.3 Å². The maximum absolute atomic E-state index is 10.3. The van der Waals surface area contributed by atoms with Gasteiger partial charge in [-0.25, -0.2) is 0 Å². The molecule has 0 aromatic heterocycles. The highest BCUT2D eigenvalue weighted by molar-refractivity contribution is 5.37. The predicted molar refractivity (Wildman–Crippen MR) is 57.4 cm³/mol. The Morgan fingerprint density at radius 3 is 2.36 bits per heavy atom. The Labute approximate surface area is 85.5 Å². The van der Waals surface area contributed by atoms with Gasteiger partial charge >= 0.3 is 0 Å². The van der Waals surface area contributed by atoms with Crippen molar-refractivity contribution in [2.24, 2.45) is 5.92 Å². The van der Waals surface area contributed by atoms with Crippen LogP contribution in [0.4, 0.5) is 0 Å². The lowest BCUT2D eigenvalue weighted by atomic mass is 9.85.